The number of nitrogens with two attached hydrogens (primary N) is 1. The molecule has 2 atom stereocenters. The van der Waals surface area contributed by atoms with E-state index in [2.05, 4.69) is 10.6 Å². The zero-order valence-corrected chi connectivity index (χ0v) is 20.2. The molecule has 0 bridgehead atoms. The van der Waals surface area contributed by atoms with Gasteiger partial charge in [-0.2, -0.15) is 0 Å². The highest BCUT2D eigenvalue weighted by Gasteiger charge is 2.26. The SMILES string of the molecule is CCCCOC(=O)[C@@H](N)CCC(=O)N[C@@H](CSc1ccc([N+](=O)[O-])cc1[N+](=O)[O-])C(=O)NCC(=O)O. The topological polar surface area (TPSA) is 234 Å². The molecule has 0 spiro atoms. The molecule has 0 fully saturated rings. The number of benzene rings is 1. The summed E-state index contributed by atoms with van der Waals surface area (Å²) in [7, 11) is 0. The van der Waals surface area contributed by atoms with Crippen LogP contribution in [-0.2, 0) is 23.9 Å². The lowest BCUT2D eigenvalue weighted by molar-refractivity contribution is -0.396. The summed E-state index contributed by atoms with van der Waals surface area (Å²) in [4.78, 5) is 68.0. The number of esters is 1. The second-order valence-electron chi connectivity index (χ2n) is 7.38. The molecular weight excluding hydrogens is 502 g/mol. The first-order valence-electron chi connectivity index (χ1n) is 10.7. The molecule has 0 saturated heterocycles. The highest BCUT2D eigenvalue weighted by Crippen LogP contribution is 2.32. The minimum absolute atomic E-state index is 0.00673. The maximum Gasteiger partial charge on any atom is 0.322 e. The van der Waals surface area contributed by atoms with Crippen LogP contribution in [0.2, 0.25) is 0 Å². The van der Waals surface area contributed by atoms with Crippen LogP contribution in [0.4, 0.5) is 11.4 Å². The number of carboxylic acids is 1. The number of carbonyl (C=O) groups is 4. The van der Waals surface area contributed by atoms with Crippen LogP contribution in [0.1, 0.15) is 32.6 Å². The van der Waals surface area contributed by atoms with Crippen LogP contribution in [0.3, 0.4) is 0 Å². The molecule has 0 saturated carbocycles. The molecule has 1 aromatic carbocycles. The summed E-state index contributed by atoms with van der Waals surface area (Å²) in [5, 5.41) is 35.5. The Kier molecular flexibility index (Phi) is 12.8. The Morgan fingerprint density at radius 2 is 1.89 bits per heavy atom. The van der Waals surface area contributed by atoms with Gasteiger partial charge in [0.05, 0.1) is 27.4 Å². The molecule has 1 rings (SSSR count). The van der Waals surface area contributed by atoms with Crippen molar-refractivity contribution in [3.05, 3.63) is 38.4 Å². The van der Waals surface area contributed by atoms with Gasteiger partial charge in [-0.05, 0) is 18.9 Å². The van der Waals surface area contributed by atoms with E-state index < -0.39 is 63.6 Å². The smallest absolute Gasteiger partial charge is 0.322 e. The summed E-state index contributed by atoms with van der Waals surface area (Å²) in [6.07, 6.45) is 1.14. The number of aliphatic carboxylic acids is 1. The normalized spacial score (nSPS) is 12.2. The van der Waals surface area contributed by atoms with Gasteiger partial charge in [-0.3, -0.25) is 39.4 Å². The Labute approximate surface area is 209 Å². The van der Waals surface area contributed by atoms with Crippen molar-refractivity contribution >= 4 is 46.9 Å². The minimum atomic E-state index is -1.33. The van der Waals surface area contributed by atoms with Gasteiger partial charge in [0.25, 0.3) is 11.4 Å². The maximum absolute atomic E-state index is 12.4. The van der Waals surface area contributed by atoms with E-state index in [4.69, 9.17) is 15.6 Å². The standard InChI is InChI=1S/C20H27N5O10S/c1-2-3-8-35-20(30)13(21)5-7-17(26)23-14(19(29)22-10-18(27)28)11-36-16-6-4-12(24(31)32)9-15(16)25(33)34/h4,6,9,13-14H,2-3,5,7-8,10-11,21H2,1H3,(H,22,29)(H,23,26)(H,27,28)/t13-,14-/m0/s1. The van der Waals surface area contributed by atoms with Crippen LogP contribution in [0.25, 0.3) is 0 Å². The Morgan fingerprint density at radius 3 is 2.47 bits per heavy atom. The molecule has 15 nitrogen and oxygen atoms in total. The van der Waals surface area contributed by atoms with Crippen molar-refractivity contribution in [3.63, 3.8) is 0 Å². The van der Waals surface area contributed by atoms with E-state index in [1.807, 2.05) is 6.92 Å². The van der Waals surface area contributed by atoms with E-state index in [9.17, 15) is 39.4 Å². The van der Waals surface area contributed by atoms with Crippen LogP contribution in [0.5, 0.6) is 0 Å². The summed E-state index contributed by atoms with van der Waals surface area (Å²) in [5.74, 6) is -3.82. The predicted octanol–water partition coefficient (Wildman–Crippen LogP) is 0.732. The second-order valence-corrected chi connectivity index (χ2v) is 8.44. The van der Waals surface area contributed by atoms with Crippen LogP contribution in [0.15, 0.2) is 23.1 Å². The van der Waals surface area contributed by atoms with Crippen molar-refractivity contribution in [2.24, 2.45) is 5.73 Å². The number of carbonyl (C=O) groups excluding carboxylic acids is 3. The molecule has 0 aliphatic heterocycles. The Balaban J connectivity index is 2.87. The minimum Gasteiger partial charge on any atom is -0.480 e. The molecule has 2 amide bonds. The summed E-state index contributed by atoms with van der Waals surface area (Å²) in [5.41, 5.74) is 4.65. The number of nitro groups is 2. The van der Waals surface area contributed by atoms with Gasteiger partial charge in [-0.25, -0.2) is 0 Å². The molecule has 1 aromatic rings. The van der Waals surface area contributed by atoms with Crippen molar-refractivity contribution in [2.75, 3.05) is 18.9 Å². The van der Waals surface area contributed by atoms with E-state index >= 15 is 0 Å². The lowest BCUT2D eigenvalue weighted by atomic mass is 10.1. The molecule has 36 heavy (non-hydrogen) atoms. The average Bonchev–Trinajstić information content (AvgIpc) is 2.83. The highest BCUT2D eigenvalue weighted by molar-refractivity contribution is 7.99. The van der Waals surface area contributed by atoms with Gasteiger partial charge in [-0.15, -0.1) is 11.8 Å². The monoisotopic (exact) mass is 529 g/mol. The molecule has 5 N–H and O–H groups in total. The molecule has 16 heteroatoms. The molecule has 0 aromatic heterocycles. The number of rotatable bonds is 16. The van der Waals surface area contributed by atoms with Gasteiger partial charge in [-0.1, -0.05) is 13.3 Å². The summed E-state index contributed by atoms with van der Waals surface area (Å²) in [6, 6.07) is 0.571. The van der Waals surface area contributed by atoms with Crippen LogP contribution in [0, 0.1) is 20.2 Å². The van der Waals surface area contributed by atoms with Gasteiger partial charge in [0.1, 0.15) is 18.6 Å². The third kappa shape index (κ3) is 10.6. The van der Waals surface area contributed by atoms with E-state index in [0.29, 0.717) is 6.42 Å². The highest BCUT2D eigenvalue weighted by atomic mass is 32.2. The lowest BCUT2D eigenvalue weighted by Gasteiger charge is -2.18. The van der Waals surface area contributed by atoms with E-state index in [0.717, 1.165) is 36.4 Å². The number of nitrogens with zero attached hydrogens (tertiary/aromatic N) is 2. The number of unbranched alkanes of at least 4 members (excludes halogenated alkanes) is 1. The fourth-order valence-electron chi connectivity index (χ4n) is 2.62. The third-order valence-electron chi connectivity index (χ3n) is 4.55. The number of non-ortho nitro benzene ring substituents is 1. The van der Waals surface area contributed by atoms with Crippen LogP contribution in [-0.4, -0.2) is 69.7 Å². The maximum atomic E-state index is 12.4. The summed E-state index contributed by atoms with van der Waals surface area (Å²) >= 11 is 0.763. The van der Waals surface area contributed by atoms with Crippen molar-refractivity contribution in [2.45, 2.75) is 49.6 Å². The van der Waals surface area contributed by atoms with E-state index in [1.54, 1.807) is 0 Å². The Morgan fingerprint density at radius 1 is 1.19 bits per heavy atom. The van der Waals surface area contributed by atoms with Crippen molar-refractivity contribution in [3.8, 4) is 0 Å². The molecule has 0 aliphatic carbocycles. The number of nitrogens with one attached hydrogen (secondary N) is 2. The third-order valence-corrected chi connectivity index (χ3v) is 5.70. The van der Waals surface area contributed by atoms with Gasteiger partial charge >= 0.3 is 11.9 Å². The van der Waals surface area contributed by atoms with E-state index in [1.165, 1.54) is 0 Å². The number of amides is 2. The van der Waals surface area contributed by atoms with Gasteiger partial charge in [0.15, 0.2) is 0 Å². The predicted molar refractivity (Wildman–Crippen MR) is 126 cm³/mol. The molecular formula is C20H27N5O10S. The fourth-order valence-corrected chi connectivity index (χ4v) is 3.65. The van der Waals surface area contributed by atoms with Crippen molar-refractivity contribution in [1.29, 1.82) is 0 Å². The van der Waals surface area contributed by atoms with Gasteiger partial charge < -0.3 is 26.2 Å². The zero-order chi connectivity index (χ0) is 27.3. The number of thioether (sulfide) groups is 1. The molecule has 198 valence electrons. The quantitative estimate of drug-likeness (QED) is 0.0762. The number of ether oxygens (including phenoxy) is 1. The Hall–Kier alpha value is -3.79. The van der Waals surface area contributed by atoms with Crippen molar-refractivity contribution in [1.82, 2.24) is 10.6 Å². The first kappa shape index (κ1) is 30.2. The second kappa shape index (κ2) is 15.3. The largest absolute Gasteiger partial charge is 0.480 e. The molecule has 0 heterocycles. The van der Waals surface area contributed by atoms with Gasteiger partial charge in [0, 0.05) is 18.2 Å². The number of nitro benzene ring substituents is 2. The summed E-state index contributed by atoms with van der Waals surface area (Å²) < 4.78 is 4.98. The zero-order valence-electron chi connectivity index (χ0n) is 19.3. The van der Waals surface area contributed by atoms with Crippen LogP contribution < -0.4 is 16.4 Å². The molecule has 0 radical (unpaired) electrons. The number of hydrogen-bond acceptors (Lipinski definition) is 11. The molecule has 0 unspecified atom stereocenters. The Bertz CT molecular complexity index is 990. The molecule has 0 aliphatic rings. The number of carboxylic acid groups (broad SMARTS) is 1. The van der Waals surface area contributed by atoms with Crippen LogP contribution >= 0.6 is 11.8 Å². The lowest BCUT2D eigenvalue weighted by Crippen LogP contribution is -2.49. The van der Waals surface area contributed by atoms with E-state index in [-0.39, 0.29) is 30.1 Å². The summed E-state index contributed by atoms with van der Waals surface area (Å²) in [6.45, 7) is 1.38. The van der Waals surface area contributed by atoms with Gasteiger partial charge in [0.2, 0.25) is 11.8 Å². The van der Waals surface area contributed by atoms with Crippen molar-refractivity contribution < 1.29 is 38.9 Å². The first-order chi connectivity index (χ1) is 17.0. The number of hydrogen-bond donors (Lipinski definition) is 4. The fraction of sp³-hybridized carbons (Fsp3) is 0.500. The first-order valence-corrected chi connectivity index (χ1v) is 11.7. The average molecular weight is 530 g/mol.